The van der Waals surface area contributed by atoms with Crippen LogP contribution in [-0.4, -0.2) is 14.9 Å². The van der Waals surface area contributed by atoms with Crippen molar-refractivity contribution in [2.24, 2.45) is 7.05 Å². The van der Waals surface area contributed by atoms with Crippen molar-refractivity contribution >= 4 is 5.57 Å². The first kappa shape index (κ1) is 8.10. The number of rotatable bonds is 1. The number of aliphatic hydroxyl groups is 1. The standard InChI is InChI=1S/C10H12N2O/c1-12-7-9(6-11-12)8-2-4-10(13)5-3-8/h2,4,6-7,13H,3,5H2,1H3. The summed E-state index contributed by atoms with van der Waals surface area (Å²) < 4.78 is 1.79. The molecule has 0 atom stereocenters. The molecule has 0 spiro atoms. The van der Waals surface area contributed by atoms with Gasteiger partial charge in [-0.25, -0.2) is 0 Å². The number of aliphatic hydroxyl groups excluding tert-OH is 1. The Bertz CT molecular complexity index is 374. The lowest BCUT2D eigenvalue weighted by Gasteiger charge is -2.08. The molecule has 0 unspecified atom stereocenters. The summed E-state index contributed by atoms with van der Waals surface area (Å²) in [5, 5.41) is 13.3. The minimum absolute atomic E-state index is 0.465. The van der Waals surface area contributed by atoms with Crippen LogP contribution in [0.4, 0.5) is 0 Å². The summed E-state index contributed by atoms with van der Waals surface area (Å²) in [6.07, 6.45) is 9.18. The van der Waals surface area contributed by atoms with E-state index in [4.69, 9.17) is 0 Å². The average molecular weight is 176 g/mol. The summed E-state index contributed by atoms with van der Waals surface area (Å²) in [6, 6.07) is 0. The summed E-state index contributed by atoms with van der Waals surface area (Å²) in [5.74, 6) is 0.465. The first-order valence-corrected chi connectivity index (χ1v) is 4.33. The molecule has 0 aromatic carbocycles. The van der Waals surface area contributed by atoms with E-state index < -0.39 is 0 Å². The summed E-state index contributed by atoms with van der Waals surface area (Å²) in [6.45, 7) is 0. The average Bonchev–Trinajstić information content (AvgIpc) is 2.53. The third-order valence-corrected chi connectivity index (χ3v) is 2.20. The molecule has 0 fully saturated rings. The zero-order valence-corrected chi connectivity index (χ0v) is 7.57. The minimum atomic E-state index is 0.465. The van der Waals surface area contributed by atoms with Crippen molar-refractivity contribution < 1.29 is 5.11 Å². The lowest BCUT2D eigenvalue weighted by molar-refractivity contribution is 0.388. The van der Waals surface area contributed by atoms with Gasteiger partial charge in [0.25, 0.3) is 0 Å². The second kappa shape index (κ2) is 3.09. The number of allylic oxidation sites excluding steroid dienone is 4. The van der Waals surface area contributed by atoms with Crippen molar-refractivity contribution in [3.8, 4) is 0 Å². The van der Waals surface area contributed by atoms with Crippen LogP contribution in [0.5, 0.6) is 0 Å². The van der Waals surface area contributed by atoms with Gasteiger partial charge in [0.1, 0.15) is 0 Å². The SMILES string of the molecule is Cn1cc(C2=CC=C(O)CC2)cn1. The summed E-state index contributed by atoms with van der Waals surface area (Å²) in [4.78, 5) is 0. The zero-order chi connectivity index (χ0) is 9.26. The summed E-state index contributed by atoms with van der Waals surface area (Å²) >= 11 is 0. The molecule has 0 bridgehead atoms. The van der Waals surface area contributed by atoms with Crippen molar-refractivity contribution in [2.75, 3.05) is 0 Å². The lowest BCUT2D eigenvalue weighted by atomic mass is 9.99. The zero-order valence-electron chi connectivity index (χ0n) is 7.57. The van der Waals surface area contributed by atoms with Crippen LogP contribution in [0.15, 0.2) is 30.3 Å². The monoisotopic (exact) mass is 176 g/mol. The molecule has 0 aliphatic heterocycles. The van der Waals surface area contributed by atoms with E-state index in [2.05, 4.69) is 5.10 Å². The van der Waals surface area contributed by atoms with Gasteiger partial charge in [-0.15, -0.1) is 0 Å². The van der Waals surface area contributed by atoms with E-state index in [0.717, 1.165) is 18.4 Å². The number of nitrogens with zero attached hydrogens (tertiary/aromatic N) is 2. The fraction of sp³-hybridized carbons (Fsp3) is 0.300. The van der Waals surface area contributed by atoms with Crippen LogP contribution in [0.1, 0.15) is 18.4 Å². The van der Waals surface area contributed by atoms with E-state index in [1.54, 1.807) is 10.8 Å². The number of hydrogen-bond donors (Lipinski definition) is 1. The van der Waals surface area contributed by atoms with Gasteiger partial charge in [0.2, 0.25) is 0 Å². The normalized spacial score (nSPS) is 16.7. The van der Waals surface area contributed by atoms with Crippen molar-refractivity contribution in [3.63, 3.8) is 0 Å². The van der Waals surface area contributed by atoms with E-state index in [-0.39, 0.29) is 0 Å². The summed E-state index contributed by atoms with van der Waals surface area (Å²) in [5.41, 5.74) is 2.39. The van der Waals surface area contributed by atoms with Gasteiger partial charge in [-0.2, -0.15) is 5.10 Å². The van der Waals surface area contributed by atoms with Gasteiger partial charge in [-0.1, -0.05) is 6.08 Å². The molecule has 13 heavy (non-hydrogen) atoms. The largest absolute Gasteiger partial charge is 0.512 e. The Balaban J connectivity index is 2.28. The quantitative estimate of drug-likeness (QED) is 0.711. The molecule has 0 saturated heterocycles. The Morgan fingerprint density at radius 3 is 2.77 bits per heavy atom. The van der Waals surface area contributed by atoms with Gasteiger partial charge < -0.3 is 5.11 Å². The van der Waals surface area contributed by atoms with Crippen LogP contribution in [0.3, 0.4) is 0 Å². The van der Waals surface area contributed by atoms with Gasteiger partial charge in [-0.3, -0.25) is 4.68 Å². The Hall–Kier alpha value is -1.51. The molecular weight excluding hydrogens is 164 g/mol. The van der Waals surface area contributed by atoms with E-state index in [1.807, 2.05) is 25.5 Å². The van der Waals surface area contributed by atoms with E-state index in [0.29, 0.717) is 5.76 Å². The predicted molar refractivity (Wildman–Crippen MR) is 51.1 cm³/mol. The Morgan fingerprint density at radius 1 is 1.38 bits per heavy atom. The summed E-state index contributed by atoms with van der Waals surface area (Å²) in [7, 11) is 1.90. The van der Waals surface area contributed by atoms with Crippen LogP contribution < -0.4 is 0 Å². The molecule has 3 nitrogen and oxygen atoms in total. The molecule has 1 N–H and O–H groups in total. The Morgan fingerprint density at radius 2 is 2.23 bits per heavy atom. The van der Waals surface area contributed by atoms with Crippen LogP contribution in [0.2, 0.25) is 0 Å². The maximum absolute atomic E-state index is 9.17. The number of hydrogen-bond acceptors (Lipinski definition) is 2. The molecule has 2 rings (SSSR count). The fourth-order valence-corrected chi connectivity index (χ4v) is 1.45. The Labute approximate surface area is 77.0 Å². The van der Waals surface area contributed by atoms with Gasteiger partial charge in [-0.05, 0) is 18.1 Å². The second-order valence-electron chi connectivity index (χ2n) is 3.25. The Kier molecular flexibility index (Phi) is 1.93. The number of aryl methyl sites for hydroxylation is 1. The number of aromatic nitrogens is 2. The molecule has 1 aromatic rings. The van der Waals surface area contributed by atoms with Gasteiger partial charge in [0, 0.05) is 25.2 Å². The minimum Gasteiger partial charge on any atom is -0.512 e. The molecule has 0 amide bonds. The van der Waals surface area contributed by atoms with Gasteiger partial charge >= 0.3 is 0 Å². The van der Waals surface area contributed by atoms with Crippen molar-refractivity contribution in [1.29, 1.82) is 0 Å². The van der Waals surface area contributed by atoms with Crippen LogP contribution in [-0.2, 0) is 7.05 Å². The molecule has 1 aromatic heterocycles. The van der Waals surface area contributed by atoms with Crippen LogP contribution in [0.25, 0.3) is 5.57 Å². The first-order valence-electron chi connectivity index (χ1n) is 4.33. The van der Waals surface area contributed by atoms with Crippen LogP contribution >= 0.6 is 0 Å². The highest BCUT2D eigenvalue weighted by Crippen LogP contribution is 2.24. The molecule has 68 valence electrons. The topological polar surface area (TPSA) is 38.0 Å². The van der Waals surface area contributed by atoms with Gasteiger partial charge in [0.15, 0.2) is 0 Å². The predicted octanol–water partition coefficient (Wildman–Crippen LogP) is 2.04. The smallest absolute Gasteiger partial charge is 0.0926 e. The fourth-order valence-electron chi connectivity index (χ4n) is 1.45. The molecule has 0 saturated carbocycles. The third-order valence-electron chi connectivity index (χ3n) is 2.20. The van der Waals surface area contributed by atoms with Crippen molar-refractivity contribution in [1.82, 2.24) is 9.78 Å². The highest BCUT2D eigenvalue weighted by molar-refractivity contribution is 5.67. The maximum Gasteiger partial charge on any atom is 0.0926 e. The highest BCUT2D eigenvalue weighted by Gasteiger charge is 2.08. The van der Waals surface area contributed by atoms with E-state index in [9.17, 15) is 5.11 Å². The molecule has 1 heterocycles. The van der Waals surface area contributed by atoms with E-state index in [1.165, 1.54) is 5.57 Å². The molecule has 0 radical (unpaired) electrons. The molecular formula is C10H12N2O. The molecule has 1 aliphatic rings. The second-order valence-corrected chi connectivity index (χ2v) is 3.25. The van der Waals surface area contributed by atoms with E-state index >= 15 is 0 Å². The maximum atomic E-state index is 9.17. The molecule has 1 aliphatic carbocycles. The van der Waals surface area contributed by atoms with Gasteiger partial charge in [0.05, 0.1) is 12.0 Å². The van der Waals surface area contributed by atoms with Crippen LogP contribution in [0, 0.1) is 0 Å². The third kappa shape index (κ3) is 1.64. The molecule has 3 heteroatoms. The first-order chi connectivity index (χ1) is 6.25. The van der Waals surface area contributed by atoms with Crippen molar-refractivity contribution in [3.05, 3.63) is 35.9 Å². The van der Waals surface area contributed by atoms with Crippen molar-refractivity contribution in [2.45, 2.75) is 12.8 Å². The lowest BCUT2D eigenvalue weighted by Crippen LogP contribution is -1.91. The highest BCUT2D eigenvalue weighted by atomic mass is 16.3.